The fraction of sp³-hybridized carbons (Fsp3) is 0.438. The summed E-state index contributed by atoms with van der Waals surface area (Å²) in [6, 6.07) is 5.69. The quantitative estimate of drug-likeness (QED) is 0.764. The first-order chi connectivity index (χ1) is 12.0. The Labute approximate surface area is 148 Å². The van der Waals surface area contributed by atoms with Crippen molar-refractivity contribution in [2.75, 3.05) is 11.9 Å². The second-order valence-electron chi connectivity index (χ2n) is 5.82. The number of carbonyl (C=O) groups excluding carboxylic acids is 1. The first-order valence-electron chi connectivity index (χ1n) is 8.03. The SMILES string of the molecule is C[C@@H](Sc1n[nH]c(=O)n1C[C@H]1CCCO1)C(=O)Nc1cccc(F)c1. The average Bonchev–Trinajstić information content (AvgIpc) is 3.20. The molecule has 25 heavy (non-hydrogen) atoms. The minimum Gasteiger partial charge on any atom is -0.376 e. The summed E-state index contributed by atoms with van der Waals surface area (Å²) in [5.41, 5.74) is 0.0620. The van der Waals surface area contributed by atoms with Gasteiger partial charge in [-0.05, 0) is 38.0 Å². The Kier molecular flexibility index (Phi) is 5.54. The predicted octanol–water partition coefficient (Wildman–Crippen LogP) is 2.01. The summed E-state index contributed by atoms with van der Waals surface area (Å²) in [5, 5.41) is 8.98. The zero-order valence-corrected chi connectivity index (χ0v) is 14.5. The summed E-state index contributed by atoms with van der Waals surface area (Å²) in [5.74, 6) is -0.717. The van der Waals surface area contributed by atoms with Crippen LogP contribution in [0.5, 0.6) is 0 Å². The topological polar surface area (TPSA) is 89.0 Å². The Bertz CT molecular complexity index is 801. The molecule has 2 N–H and O–H groups in total. The number of aromatic amines is 1. The molecule has 0 radical (unpaired) electrons. The van der Waals surface area contributed by atoms with E-state index in [-0.39, 0.29) is 17.7 Å². The number of thioether (sulfide) groups is 1. The van der Waals surface area contributed by atoms with Crippen LogP contribution in [-0.2, 0) is 16.1 Å². The van der Waals surface area contributed by atoms with Gasteiger partial charge in [0.05, 0.1) is 17.9 Å². The normalized spacial score (nSPS) is 18.2. The third-order valence-electron chi connectivity index (χ3n) is 3.88. The molecule has 0 spiro atoms. The molecule has 0 bridgehead atoms. The number of carbonyl (C=O) groups is 1. The summed E-state index contributed by atoms with van der Waals surface area (Å²) >= 11 is 1.17. The van der Waals surface area contributed by atoms with Crippen LogP contribution in [0, 0.1) is 5.82 Å². The lowest BCUT2D eigenvalue weighted by Gasteiger charge is -2.14. The van der Waals surface area contributed by atoms with E-state index in [2.05, 4.69) is 15.5 Å². The molecule has 2 atom stereocenters. The Hall–Kier alpha value is -2.13. The summed E-state index contributed by atoms with van der Waals surface area (Å²) < 4.78 is 20.2. The number of amides is 1. The van der Waals surface area contributed by atoms with Gasteiger partial charge in [-0.3, -0.25) is 9.36 Å². The smallest absolute Gasteiger partial charge is 0.344 e. The van der Waals surface area contributed by atoms with Gasteiger partial charge in [0.2, 0.25) is 5.91 Å². The van der Waals surface area contributed by atoms with E-state index in [4.69, 9.17) is 4.74 Å². The Morgan fingerprint density at radius 3 is 3.16 bits per heavy atom. The van der Waals surface area contributed by atoms with Crippen LogP contribution in [0.15, 0.2) is 34.2 Å². The molecule has 1 aliphatic heterocycles. The molecule has 0 saturated carbocycles. The van der Waals surface area contributed by atoms with Crippen molar-refractivity contribution in [1.82, 2.24) is 14.8 Å². The third kappa shape index (κ3) is 4.49. The molecule has 2 aromatic rings. The van der Waals surface area contributed by atoms with Crippen LogP contribution < -0.4 is 11.0 Å². The molecule has 1 aliphatic rings. The van der Waals surface area contributed by atoms with Crippen molar-refractivity contribution in [2.45, 2.75) is 42.8 Å². The van der Waals surface area contributed by atoms with Crippen LogP contribution in [0.2, 0.25) is 0 Å². The summed E-state index contributed by atoms with van der Waals surface area (Å²) in [6.45, 7) is 2.82. The maximum absolute atomic E-state index is 13.2. The fourth-order valence-electron chi connectivity index (χ4n) is 2.57. The van der Waals surface area contributed by atoms with Crippen molar-refractivity contribution in [3.8, 4) is 0 Å². The molecule has 1 aromatic carbocycles. The first-order valence-corrected chi connectivity index (χ1v) is 8.91. The Morgan fingerprint density at radius 1 is 1.60 bits per heavy atom. The molecule has 9 heteroatoms. The van der Waals surface area contributed by atoms with Crippen LogP contribution in [0.3, 0.4) is 0 Å². The molecule has 3 rings (SSSR count). The number of H-pyrrole nitrogens is 1. The summed E-state index contributed by atoms with van der Waals surface area (Å²) in [6.07, 6.45) is 1.87. The number of rotatable bonds is 6. The van der Waals surface area contributed by atoms with E-state index in [9.17, 15) is 14.0 Å². The monoisotopic (exact) mass is 366 g/mol. The summed E-state index contributed by atoms with van der Waals surface area (Å²) in [7, 11) is 0. The largest absolute Gasteiger partial charge is 0.376 e. The zero-order chi connectivity index (χ0) is 17.8. The Balaban J connectivity index is 1.65. The third-order valence-corrected chi connectivity index (χ3v) is 4.97. The van der Waals surface area contributed by atoms with Crippen LogP contribution in [0.1, 0.15) is 19.8 Å². The second kappa shape index (κ2) is 7.83. The highest BCUT2D eigenvalue weighted by molar-refractivity contribution is 8.00. The van der Waals surface area contributed by atoms with E-state index in [1.807, 2.05) is 0 Å². The van der Waals surface area contributed by atoms with Crippen molar-refractivity contribution >= 4 is 23.4 Å². The van der Waals surface area contributed by atoms with Gasteiger partial charge in [0.15, 0.2) is 5.16 Å². The van der Waals surface area contributed by atoms with Crippen molar-refractivity contribution in [3.05, 3.63) is 40.6 Å². The van der Waals surface area contributed by atoms with Crippen molar-refractivity contribution in [2.24, 2.45) is 0 Å². The molecule has 1 saturated heterocycles. The molecule has 0 unspecified atom stereocenters. The number of nitrogens with one attached hydrogen (secondary N) is 2. The van der Waals surface area contributed by atoms with Gasteiger partial charge in [-0.15, -0.1) is 5.10 Å². The van der Waals surface area contributed by atoms with Gasteiger partial charge in [-0.1, -0.05) is 17.8 Å². The van der Waals surface area contributed by atoms with E-state index in [0.717, 1.165) is 12.8 Å². The van der Waals surface area contributed by atoms with Gasteiger partial charge in [-0.25, -0.2) is 14.3 Å². The number of ether oxygens (including phenoxy) is 1. The molecule has 2 heterocycles. The van der Waals surface area contributed by atoms with Crippen molar-refractivity contribution < 1.29 is 13.9 Å². The number of nitrogens with zero attached hydrogens (tertiary/aromatic N) is 2. The number of aromatic nitrogens is 3. The van der Waals surface area contributed by atoms with Gasteiger partial charge in [-0.2, -0.15) is 0 Å². The van der Waals surface area contributed by atoms with Crippen LogP contribution in [-0.4, -0.2) is 38.6 Å². The van der Waals surface area contributed by atoms with Gasteiger partial charge < -0.3 is 10.1 Å². The average molecular weight is 366 g/mol. The van der Waals surface area contributed by atoms with Gasteiger partial charge in [0.1, 0.15) is 5.82 Å². The maximum Gasteiger partial charge on any atom is 0.344 e. The zero-order valence-electron chi connectivity index (χ0n) is 13.7. The van der Waals surface area contributed by atoms with E-state index in [1.54, 1.807) is 13.0 Å². The first kappa shape index (κ1) is 17.7. The summed E-state index contributed by atoms with van der Waals surface area (Å²) in [4.78, 5) is 24.2. The lowest BCUT2D eigenvalue weighted by atomic mass is 10.2. The highest BCUT2D eigenvalue weighted by Gasteiger charge is 2.23. The van der Waals surface area contributed by atoms with E-state index in [0.29, 0.717) is 24.0 Å². The fourth-order valence-corrected chi connectivity index (χ4v) is 3.43. The lowest BCUT2D eigenvalue weighted by molar-refractivity contribution is -0.115. The second-order valence-corrected chi connectivity index (χ2v) is 7.12. The maximum atomic E-state index is 13.2. The standard InChI is InChI=1S/C16H19FN4O3S/c1-10(14(22)18-12-5-2-4-11(17)8-12)25-16-20-19-15(23)21(16)9-13-6-3-7-24-13/h2,4-5,8,10,13H,3,6-7,9H2,1H3,(H,18,22)(H,19,23)/t10-,13-/m1/s1. The molecule has 1 amide bonds. The minimum atomic E-state index is -0.512. The number of hydrogen-bond acceptors (Lipinski definition) is 5. The predicted molar refractivity (Wildman–Crippen MR) is 92.2 cm³/mol. The molecular weight excluding hydrogens is 347 g/mol. The molecule has 1 aromatic heterocycles. The van der Waals surface area contributed by atoms with Gasteiger partial charge in [0, 0.05) is 12.3 Å². The lowest BCUT2D eigenvalue weighted by Crippen LogP contribution is -2.27. The number of hydrogen-bond donors (Lipinski definition) is 2. The van der Waals surface area contributed by atoms with Crippen LogP contribution in [0.4, 0.5) is 10.1 Å². The molecule has 0 aliphatic carbocycles. The van der Waals surface area contributed by atoms with Crippen LogP contribution >= 0.6 is 11.8 Å². The molecule has 1 fully saturated rings. The Morgan fingerprint density at radius 2 is 2.44 bits per heavy atom. The highest BCUT2D eigenvalue weighted by Crippen LogP contribution is 2.23. The molecule has 7 nitrogen and oxygen atoms in total. The van der Waals surface area contributed by atoms with Crippen molar-refractivity contribution in [3.63, 3.8) is 0 Å². The molecular formula is C16H19FN4O3S. The van der Waals surface area contributed by atoms with E-state index in [1.165, 1.54) is 34.5 Å². The highest BCUT2D eigenvalue weighted by atomic mass is 32.2. The van der Waals surface area contributed by atoms with E-state index < -0.39 is 11.1 Å². The molecule has 134 valence electrons. The van der Waals surface area contributed by atoms with Gasteiger partial charge >= 0.3 is 5.69 Å². The van der Waals surface area contributed by atoms with Gasteiger partial charge in [0.25, 0.3) is 0 Å². The van der Waals surface area contributed by atoms with Crippen LogP contribution in [0.25, 0.3) is 0 Å². The number of anilines is 1. The van der Waals surface area contributed by atoms with Crippen molar-refractivity contribution in [1.29, 1.82) is 0 Å². The van der Waals surface area contributed by atoms with E-state index >= 15 is 0 Å². The minimum absolute atomic E-state index is 0.00826. The number of halogens is 1. The number of benzene rings is 1.